The van der Waals surface area contributed by atoms with E-state index in [4.69, 9.17) is 0 Å². The van der Waals surface area contributed by atoms with Crippen LogP contribution in [0.4, 0.5) is 0 Å². The zero-order valence-electron chi connectivity index (χ0n) is 8.79. The normalized spacial score (nSPS) is 22.1. The van der Waals surface area contributed by atoms with Crippen LogP contribution in [0.5, 0.6) is 0 Å². The molecule has 1 aromatic carbocycles. The summed E-state index contributed by atoms with van der Waals surface area (Å²) in [5, 5.41) is 0. The van der Waals surface area contributed by atoms with Crippen molar-refractivity contribution in [3.63, 3.8) is 0 Å². The molecule has 3 rings (SSSR count). The second-order valence-electron chi connectivity index (χ2n) is 4.72. The molecule has 1 nitrogen and oxygen atoms in total. The maximum absolute atomic E-state index is 2.65. The van der Waals surface area contributed by atoms with Gasteiger partial charge in [-0.25, -0.2) is 0 Å². The number of hydrogen-bond acceptors (Lipinski definition) is 1. The van der Waals surface area contributed by atoms with E-state index >= 15 is 0 Å². The smallest absolute Gasteiger partial charge is 0.0239 e. The first kappa shape index (κ1) is 8.49. The van der Waals surface area contributed by atoms with Gasteiger partial charge in [0.05, 0.1) is 0 Å². The maximum atomic E-state index is 2.65. The van der Waals surface area contributed by atoms with Gasteiger partial charge in [-0.3, -0.25) is 4.90 Å². The molecule has 0 saturated heterocycles. The molecule has 0 spiro atoms. The summed E-state index contributed by atoms with van der Waals surface area (Å²) in [4.78, 5) is 2.65. The van der Waals surface area contributed by atoms with Gasteiger partial charge in [0.1, 0.15) is 0 Å². The van der Waals surface area contributed by atoms with E-state index in [-0.39, 0.29) is 0 Å². The summed E-state index contributed by atoms with van der Waals surface area (Å²) in [7, 11) is 0. The molecular weight excluding hydrogens is 170 g/mol. The molecule has 2 aliphatic rings. The Morgan fingerprint density at radius 1 is 1.21 bits per heavy atom. The van der Waals surface area contributed by atoms with Crippen molar-refractivity contribution in [1.82, 2.24) is 4.90 Å². The lowest BCUT2D eigenvalue weighted by Gasteiger charge is -2.28. The first-order valence-corrected chi connectivity index (χ1v) is 5.65. The van der Waals surface area contributed by atoms with Crippen molar-refractivity contribution < 1.29 is 0 Å². The van der Waals surface area contributed by atoms with E-state index in [9.17, 15) is 0 Å². The molecule has 0 bridgehead atoms. The zero-order chi connectivity index (χ0) is 9.54. The lowest BCUT2D eigenvalue weighted by atomic mass is 9.98. The monoisotopic (exact) mass is 187 g/mol. The first-order valence-electron chi connectivity index (χ1n) is 5.65. The average molecular weight is 187 g/mol. The predicted octanol–water partition coefficient (Wildman–Crippen LogP) is 2.52. The highest BCUT2D eigenvalue weighted by Gasteiger charge is 2.30. The molecule has 0 amide bonds. The summed E-state index contributed by atoms with van der Waals surface area (Å²) in [6, 6.07) is 7.84. The van der Waals surface area contributed by atoms with Crippen molar-refractivity contribution in [3.8, 4) is 0 Å². The van der Waals surface area contributed by atoms with Crippen LogP contribution in [-0.2, 0) is 13.0 Å². The van der Waals surface area contributed by atoms with Gasteiger partial charge in [0.25, 0.3) is 0 Å². The molecule has 1 fully saturated rings. The molecule has 0 N–H and O–H groups in total. The predicted molar refractivity (Wildman–Crippen MR) is 58.3 cm³/mol. The van der Waals surface area contributed by atoms with E-state index in [1.54, 1.807) is 11.1 Å². The number of aryl methyl sites for hydroxylation is 1. The molecule has 1 aliphatic carbocycles. The SMILES string of the molecule is Cc1ccc2c(c1)CN(C1CC1)CC2. The van der Waals surface area contributed by atoms with E-state index in [1.807, 2.05) is 0 Å². The van der Waals surface area contributed by atoms with Crippen LogP contribution in [0.3, 0.4) is 0 Å². The summed E-state index contributed by atoms with van der Waals surface area (Å²) >= 11 is 0. The first-order chi connectivity index (χ1) is 6.83. The van der Waals surface area contributed by atoms with Gasteiger partial charge in [-0.1, -0.05) is 23.8 Å². The van der Waals surface area contributed by atoms with Gasteiger partial charge in [-0.2, -0.15) is 0 Å². The van der Waals surface area contributed by atoms with Gasteiger partial charge in [-0.15, -0.1) is 0 Å². The molecule has 1 aromatic rings. The van der Waals surface area contributed by atoms with Crippen molar-refractivity contribution in [3.05, 3.63) is 34.9 Å². The van der Waals surface area contributed by atoms with Crippen molar-refractivity contribution in [2.75, 3.05) is 6.54 Å². The Bertz CT molecular complexity index is 352. The summed E-state index contributed by atoms with van der Waals surface area (Å²) in [6.07, 6.45) is 4.12. The van der Waals surface area contributed by atoms with Crippen LogP contribution >= 0.6 is 0 Å². The van der Waals surface area contributed by atoms with Crippen LogP contribution in [-0.4, -0.2) is 17.5 Å². The Hall–Kier alpha value is -0.820. The minimum absolute atomic E-state index is 0.920. The molecule has 0 aromatic heterocycles. The lowest BCUT2D eigenvalue weighted by molar-refractivity contribution is 0.243. The summed E-state index contributed by atoms with van der Waals surface area (Å²) in [6.45, 7) is 4.67. The van der Waals surface area contributed by atoms with E-state index < -0.39 is 0 Å². The highest BCUT2D eigenvalue weighted by atomic mass is 15.2. The minimum Gasteiger partial charge on any atom is -0.296 e. The van der Waals surface area contributed by atoms with Gasteiger partial charge in [0.15, 0.2) is 0 Å². The molecule has 0 atom stereocenters. The van der Waals surface area contributed by atoms with E-state index in [0.29, 0.717) is 0 Å². The molecule has 0 radical (unpaired) electrons. The second-order valence-corrected chi connectivity index (χ2v) is 4.72. The Balaban J connectivity index is 1.88. The summed E-state index contributed by atoms with van der Waals surface area (Å²) in [5.74, 6) is 0. The Morgan fingerprint density at radius 3 is 2.86 bits per heavy atom. The van der Waals surface area contributed by atoms with Gasteiger partial charge in [-0.05, 0) is 37.3 Å². The molecule has 74 valence electrons. The van der Waals surface area contributed by atoms with Crippen LogP contribution in [0.15, 0.2) is 18.2 Å². The number of fused-ring (bicyclic) bond motifs is 1. The van der Waals surface area contributed by atoms with Gasteiger partial charge >= 0.3 is 0 Å². The van der Waals surface area contributed by atoms with Crippen LogP contribution in [0.1, 0.15) is 29.5 Å². The van der Waals surface area contributed by atoms with E-state index in [0.717, 1.165) is 6.04 Å². The van der Waals surface area contributed by atoms with Crippen molar-refractivity contribution in [2.24, 2.45) is 0 Å². The number of hydrogen-bond donors (Lipinski definition) is 0. The van der Waals surface area contributed by atoms with Crippen molar-refractivity contribution in [2.45, 2.75) is 38.8 Å². The van der Waals surface area contributed by atoms with Crippen molar-refractivity contribution in [1.29, 1.82) is 0 Å². The number of benzene rings is 1. The third-order valence-electron chi connectivity index (χ3n) is 3.47. The third-order valence-corrected chi connectivity index (χ3v) is 3.47. The average Bonchev–Trinajstić information content (AvgIpc) is 3.00. The summed E-state index contributed by atoms with van der Waals surface area (Å²) < 4.78 is 0. The Morgan fingerprint density at radius 2 is 2.07 bits per heavy atom. The zero-order valence-corrected chi connectivity index (χ0v) is 8.79. The Kier molecular flexibility index (Phi) is 1.88. The molecule has 0 unspecified atom stereocenters. The van der Waals surface area contributed by atoms with Crippen molar-refractivity contribution >= 4 is 0 Å². The molecule has 14 heavy (non-hydrogen) atoms. The van der Waals surface area contributed by atoms with Crippen LogP contribution in [0.2, 0.25) is 0 Å². The fraction of sp³-hybridized carbons (Fsp3) is 0.538. The second kappa shape index (κ2) is 3.09. The van der Waals surface area contributed by atoms with E-state index in [2.05, 4.69) is 30.0 Å². The lowest BCUT2D eigenvalue weighted by Crippen LogP contribution is -2.32. The molecule has 1 saturated carbocycles. The molecular formula is C13H17N. The van der Waals surface area contributed by atoms with Crippen LogP contribution in [0.25, 0.3) is 0 Å². The van der Waals surface area contributed by atoms with Gasteiger partial charge in [0.2, 0.25) is 0 Å². The maximum Gasteiger partial charge on any atom is 0.0239 e. The summed E-state index contributed by atoms with van der Waals surface area (Å²) in [5.41, 5.74) is 4.55. The quantitative estimate of drug-likeness (QED) is 0.653. The van der Waals surface area contributed by atoms with Crippen LogP contribution < -0.4 is 0 Å². The fourth-order valence-corrected chi connectivity index (χ4v) is 2.46. The Labute approximate surface area is 85.7 Å². The highest BCUT2D eigenvalue weighted by molar-refractivity contribution is 5.33. The van der Waals surface area contributed by atoms with Crippen LogP contribution in [0, 0.1) is 6.92 Å². The van der Waals surface area contributed by atoms with E-state index in [1.165, 1.54) is 37.9 Å². The highest BCUT2D eigenvalue weighted by Crippen LogP contribution is 2.31. The topological polar surface area (TPSA) is 3.24 Å². The molecule has 1 heterocycles. The number of nitrogens with zero attached hydrogens (tertiary/aromatic N) is 1. The third kappa shape index (κ3) is 1.46. The van der Waals surface area contributed by atoms with Gasteiger partial charge in [0, 0.05) is 19.1 Å². The van der Waals surface area contributed by atoms with Gasteiger partial charge < -0.3 is 0 Å². The minimum atomic E-state index is 0.920. The molecule has 1 aliphatic heterocycles. The number of rotatable bonds is 1. The standard InChI is InChI=1S/C13H17N/c1-10-2-3-11-6-7-14(13-4-5-13)9-12(11)8-10/h2-3,8,13H,4-7,9H2,1H3. The largest absolute Gasteiger partial charge is 0.296 e. The fourth-order valence-electron chi connectivity index (χ4n) is 2.46. The molecule has 1 heteroatoms.